The monoisotopic (exact) mass is 251 g/mol. The molecule has 0 aliphatic heterocycles. The first-order chi connectivity index (χ1) is 9.06. The first-order valence-electron chi connectivity index (χ1n) is 6.97. The Morgan fingerprint density at radius 2 is 1.68 bits per heavy atom. The standard InChI is InChI=1S/C18H21N/c1-13-8-10-15(11-9-13)19-17-16-7-5-4-6-14(16)12-18(17,2)3/h4-11,17,19H,12H2,1-3H3. The molecule has 1 aliphatic rings. The van der Waals surface area contributed by atoms with Gasteiger partial charge in [-0.3, -0.25) is 0 Å². The minimum atomic E-state index is 0.259. The molecule has 2 aromatic carbocycles. The summed E-state index contributed by atoms with van der Waals surface area (Å²) >= 11 is 0. The van der Waals surface area contributed by atoms with Gasteiger partial charge in [0.25, 0.3) is 0 Å². The van der Waals surface area contributed by atoms with Crippen molar-refractivity contribution in [2.45, 2.75) is 33.2 Å². The summed E-state index contributed by atoms with van der Waals surface area (Å²) in [5.74, 6) is 0. The Bertz CT molecular complexity index is 581. The summed E-state index contributed by atoms with van der Waals surface area (Å²) in [6.07, 6.45) is 1.15. The van der Waals surface area contributed by atoms with Crippen molar-refractivity contribution in [3.05, 3.63) is 65.2 Å². The van der Waals surface area contributed by atoms with Gasteiger partial charge in [0, 0.05) is 5.69 Å². The molecule has 1 atom stereocenters. The lowest BCUT2D eigenvalue weighted by Crippen LogP contribution is -2.24. The molecule has 1 N–H and O–H groups in total. The Balaban J connectivity index is 1.93. The quantitative estimate of drug-likeness (QED) is 0.813. The van der Waals surface area contributed by atoms with Crippen LogP contribution in [-0.2, 0) is 6.42 Å². The lowest BCUT2D eigenvalue weighted by atomic mass is 9.85. The second kappa shape index (κ2) is 4.41. The van der Waals surface area contributed by atoms with Gasteiger partial charge in [-0.05, 0) is 42.0 Å². The number of benzene rings is 2. The lowest BCUT2D eigenvalue weighted by Gasteiger charge is -2.29. The highest BCUT2D eigenvalue weighted by atomic mass is 14.9. The number of hydrogen-bond acceptors (Lipinski definition) is 1. The van der Waals surface area contributed by atoms with Gasteiger partial charge in [0.1, 0.15) is 0 Å². The van der Waals surface area contributed by atoms with Crippen LogP contribution in [0, 0.1) is 12.3 Å². The van der Waals surface area contributed by atoms with Crippen LogP contribution in [0.4, 0.5) is 5.69 Å². The zero-order valence-electron chi connectivity index (χ0n) is 11.9. The molecule has 1 heteroatoms. The van der Waals surface area contributed by atoms with Gasteiger partial charge >= 0.3 is 0 Å². The van der Waals surface area contributed by atoms with Crippen LogP contribution >= 0.6 is 0 Å². The van der Waals surface area contributed by atoms with Crippen LogP contribution in [-0.4, -0.2) is 0 Å². The van der Waals surface area contributed by atoms with E-state index in [4.69, 9.17) is 0 Å². The summed E-state index contributed by atoms with van der Waals surface area (Å²) in [6, 6.07) is 17.9. The van der Waals surface area contributed by atoms with Gasteiger partial charge in [-0.25, -0.2) is 0 Å². The molecule has 3 rings (SSSR count). The van der Waals surface area contributed by atoms with E-state index < -0.39 is 0 Å². The molecular formula is C18H21N. The maximum atomic E-state index is 3.71. The van der Waals surface area contributed by atoms with Crippen LogP contribution in [0.3, 0.4) is 0 Å². The van der Waals surface area contributed by atoms with Gasteiger partial charge in [0.05, 0.1) is 6.04 Å². The lowest BCUT2D eigenvalue weighted by molar-refractivity contribution is 0.337. The summed E-state index contributed by atoms with van der Waals surface area (Å²) in [5, 5.41) is 3.71. The average Bonchev–Trinajstić information content (AvgIpc) is 2.63. The van der Waals surface area contributed by atoms with E-state index >= 15 is 0 Å². The molecule has 0 bridgehead atoms. The third-order valence-electron chi connectivity index (χ3n) is 4.16. The summed E-state index contributed by atoms with van der Waals surface area (Å²) in [7, 11) is 0. The van der Waals surface area contributed by atoms with Crippen molar-refractivity contribution in [1.82, 2.24) is 0 Å². The summed E-state index contributed by atoms with van der Waals surface area (Å²) in [6.45, 7) is 6.82. The molecule has 0 radical (unpaired) electrons. The Morgan fingerprint density at radius 1 is 1.00 bits per heavy atom. The number of rotatable bonds is 2. The first-order valence-corrected chi connectivity index (χ1v) is 6.97. The highest BCUT2D eigenvalue weighted by molar-refractivity contribution is 5.50. The van der Waals surface area contributed by atoms with Gasteiger partial charge in [0.2, 0.25) is 0 Å². The predicted octanol–water partition coefficient (Wildman–Crippen LogP) is 4.73. The number of nitrogens with one attached hydrogen (secondary N) is 1. The third kappa shape index (κ3) is 2.25. The Kier molecular flexibility index (Phi) is 2.85. The van der Waals surface area contributed by atoms with Crippen molar-refractivity contribution in [3.8, 4) is 0 Å². The fourth-order valence-corrected chi connectivity index (χ4v) is 3.08. The Hall–Kier alpha value is -1.76. The van der Waals surface area contributed by atoms with E-state index in [0.717, 1.165) is 6.42 Å². The molecule has 0 heterocycles. The zero-order valence-corrected chi connectivity index (χ0v) is 11.9. The number of hydrogen-bond donors (Lipinski definition) is 1. The molecule has 2 aromatic rings. The van der Waals surface area contributed by atoms with E-state index in [0.29, 0.717) is 6.04 Å². The van der Waals surface area contributed by atoms with Gasteiger partial charge in [-0.2, -0.15) is 0 Å². The van der Waals surface area contributed by atoms with Crippen molar-refractivity contribution in [2.24, 2.45) is 5.41 Å². The maximum Gasteiger partial charge on any atom is 0.0570 e. The van der Waals surface area contributed by atoms with Gasteiger partial charge < -0.3 is 5.32 Å². The van der Waals surface area contributed by atoms with E-state index in [1.165, 1.54) is 22.4 Å². The van der Waals surface area contributed by atoms with Gasteiger partial charge in [-0.15, -0.1) is 0 Å². The number of aryl methyl sites for hydroxylation is 1. The highest BCUT2D eigenvalue weighted by Gasteiger charge is 2.38. The minimum Gasteiger partial charge on any atom is -0.378 e. The van der Waals surface area contributed by atoms with Crippen LogP contribution in [0.25, 0.3) is 0 Å². The molecule has 0 aromatic heterocycles. The molecule has 0 fully saturated rings. The van der Waals surface area contributed by atoms with Crippen LogP contribution in [0.15, 0.2) is 48.5 Å². The van der Waals surface area contributed by atoms with E-state index in [1.807, 2.05) is 0 Å². The molecule has 98 valence electrons. The largest absolute Gasteiger partial charge is 0.378 e. The number of fused-ring (bicyclic) bond motifs is 1. The zero-order chi connectivity index (χ0) is 13.5. The molecule has 1 nitrogen and oxygen atoms in total. The average molecular weight is 251 g/mol. The van der Waals surface area contributed by atoms with Crippen molar-refractivity contribution in [3.63, 3.8) is 0 Å². The van der Waals surface area contributed by atoms with Crippen molar-refractivity contribution in [1.29, 1.82) is 0 Å². The van der Waals surface area contributed by atoms with E-state index in [9.17, 15) is 0 Å². The topological polar surface area (TPSA) is 12.0 Å². The van der Waals surface area contributed by atoms with Crippen LogP contribution < -0.4 is 5.32 Å². The Morgan fingerprint density at radius 3 is 2.42 bits per heavy atom. The molecule has 0 amide bonds. The van der Waals surface area contributed by atoms with E-state index in [1.54, 1.807) is 0 Å². The second-order valence-corrected chi connectivity index (χ2v) is 6.31. The van der Waals surface area contributed by atoms with Crippen LogP contribution in [0.5, 0.6) is 0 Å². The maximum absolute atomic E-state index is 3.71. The molecular weight excluding hydrogens is 230 g/mol. The van der Waals surface area contributed by atoms with Gasteiger partial charge in [0.15, 0.2) is 0 Å². The van der Waals surface area contributed by atoms with E-state index in [-0.39, 0.29) is 5.41 Å². The van der Waals surface area contributed by atoms with Crippen molar-refractivity contribution < 1.29 is 0 Å². The first kappa shape index (κ1) is 12.3. The normalized spacial score (nSPS) is 20.1. The minimum absolute atomic E-state index is 0.259. The summed E-state index contributed by atoms with van der Waals surface area (Å²) in [5.41, 5.74) is 5.70. The Labute approximate surface area is 115 Å². The second-order valence-electron chi connectivity index (χ2n) is 6.31. The van der Waals surface area contributed by atoms with Crippen molar-refractivity contribution in [2.75, 3.05) is 5.32 Å². The molecule has 0 saturated heterocycles. The number of anilines is 1. The molecule has 1 aliphatic carbocycles. The van der Waals surface area contributed by atoms with Crippen LogP contribution in [0.1, 0.15) is 36.6 Å². The van der Waals surface area contributed by atoms with Crippen LogP contribution in [0.2, 0.25) is 0 Å². The fraction of sp³-hybridized carbons (Fsp3) is 0.333. The SMILES string of the molecule is Cc1ccc(NC2c3ccccc3CC2(C)C)cc1. The van der Waals surface area contributed by atoms with Gasteiger partial charge in [-0.1, -0.05) is 55.8 Å². The fourth-order valence-electron chi connectivity index (χ4n) is 3.08. The molecule has 0 spiro atoms. The van der Waals surface area contributed by atoms with E-state index in [2.05, 4.69) is 74.6 Å². The molecule has 0 saturated carbocycles. The summed E-state index contributed by atoms with van der Waals surface area (Å²) in [4.78, 5) is 0. The smallest absolute Gasteiger partial charge is 0.0570 e. The summed E-state index contributed by atoms with van der Waals surface area (Å²) < 4.78 is 0. The van der Waals surface area contributed by atoms with Crippen molar-refractivity contribution >= 4 is 5.69 Å². The molecule has 19 heavy (non-hydrogen) atoms. The predicted molar refractivity (Wildman–Crippen MR) is 81.5 cm³/mol. The molecule has 1 unspecified atom stereocenters. The third-order valence-corrected chi connectivity index (χ3v) is 4.16. The highest BCUT2D eigenvalue weighted by Crippen LogP contribution is 2.46.